The van der Waals surface area contributed by atoms with Gasteiger partial charge in [-0.2, -0.15) is 5.26 Å². The predicted octanol–water partition coefficient (Wildman–Crippen LogP) is 3.75. The molecule has 0 aliphatic carbocycles. The van der Waals surface area contributed by atoms with Gasteiger partial charge in [0.2, 0.25) is 0 Å². The van der Waals surface area contributed by atoms with Crippen molar-refractivity contribution < 1.29 is 4.79 Å². The average Bonchev–Trinajstić information content (AvgIpc) is 2.21. The summed E-state index contributed by atoms with van der Waals surface area (Å²) in [5.41, 5.74) is -0.139. The lowest BCUT2D eigenvalue weighted by Gasteiger charge is -2.20. The fourth-order valence-corrected chi connectivity index (χ4v) is 1.84. The fraction of sp³-hybridized carbons (Fsp3) is 0.333. The van der Waals surface area contributed by atoms with E-state index < -0.39 is 5.41 Å². The molecule has 1 unspecified atom stereocenters. The Kier molecular flexibility index (Phi) is 3.96. The highest BCUT2D eigenvalue weighted by atomic mass is 35.5. The molecule has 0 aliphatic rings. The monoisotopic (exact) mass is 255 g/mol. The summed E-state index contributed by atoms with van der Waals surface area (Å²) in [6.07, 6.45) is 0.168. The Labute approximate surface area is 105 Å². The van der Waals surface area contributed by atoms with E-state index in [1.165, 1.54) is 6.92 Å². The second kappa shape index (κ2) is 4.86. The zero-order chi connectivity index (χ0) is 12.3. The summed E-state index contributed by atoms with van der Waals surface area (Å²) >= 11 is 11.7. The van der Waals surface area contributed by atoms with E-state index in [-0.39, 0.29) is 12.2 Å². The molecule has 0 aromatic heterocycles. The maximum absolute atomic E-state index is 11.1. The lowest BCUT2D eigenvalue weighted by molar-refractivity contribution is -0.117. The highest BCUT2D eigenvalue weighted by Crippen LogP contribution is 2.32. The van der Waals surface area contributed by atoms with Gasteiger partial charge in [0.05, 0.1) is 21.5 Å². The van der Waals surface area contributed by atoms with Gasteiger partial charge in [0.25, 0.3) is 0 Å². The van der Waals surface area contributed by atoms with E-state index in [2.05, 4.69) is 6.07 Å². The number of ketones is 1. The van der Waals surface area contributed by atoms with Gasteiger partial charge in [-0.3, -0.25) is 4.79 Å². The molecule has 1 aromatic carbocycles. The minimum Gasteiger partial charge on any atom is -0.300 e. The summed E-state index contributed by atoms with van der Waals surface area (Å²) < 4.78 is 0. The summed E-state index contributed by atoms with van der Waals surface area (Å²) in [4.78, 5) is 11.1. The van der Waals surface area contributed by atoms with Gasteiger partial charge in [0.1, 0.15) is 5.78 Å². The highest BCUT2D eigenvalue weighted by Gasteiger charge is 2.28. The minimum absolute atomic E-state index is 0.0323. The van der Waals surface area contributed by atoms with Crippen LogP contribution >= 0.6 is 23.2 Å². The van der Waals surface area contributed by atoms with Gasteiger partial charge in [-0.25, -0.2) is 0 Å². The van der Waals surface area contributed by atoms with E-state index in [0.717, 1.165) is 0 Å². The van der Waals surface area contributed by atoms with Gasteiger partial charge in [-0.05, 0) is 31.5 Å². The van der Waals surface area contributed by atoms with E-state index in [1.807, 2.05) is 0 Å². The summed E-state index contributed by atoms with van der Waals surface area (Å²) in [6, 6.07) is 7.14. The van der Waals surface area contributed by atoms with Crippen molar-refractivity contribution in [1.29, 1.82) is 5.26 Å². The molecule has 0 radical (unpaired) electrons. The van der Waals surface area contributed by atoms with Crippen molar-refractivity contribution in [1.82, 2.24) is 0 Å². The zero-order valence-corrected chi connectivity index (χ0v) is 10.6. The Morgan fingerprint density at radius 1 is 1.44 bits per heavy atom. The Hall–Kier alpha value is -1.04. The molecule has 0 fully saturated rings. The predicted molar refractivity (Wildman–Crippen MR) is 64.7 cm³/mol. The number of carbonyl (C=O) groups is 1. The maximum atomic E-state index is 11.1. The molecule has 0 saturated heterocycles. The number of nitrogens with zero attached hydrogens (tertiary/aromatic N) is 1. The van der Waals surface area contributed by atoms with E-state index in [4.69, 9.17) is 28.5 Å². The molecule has 0 heterocycles. The van der Waals surface area contributed by atoms with Crippen LogP contribution in [0.25, 0.3) is 0 Å². The summed E-state index contributed by atoms with van der Waals surface area (Å²) in [6.45, 7) is 3.18. The molecule has 0 amide bonds. The number of carbonyl (C=O) groups excluding carboxylic acids is 1. The van der Waals surface area contributed by atoms with Crippen LogP contribution in [0.2, 0.25) is 10.0 Å². The lowest BCUT2D eigenvalue weighted by Crippen LogP contribution is -2.22. The Morgan fingerprint density at radius 3 is 2.50 bits per heavy atom. The van der Waals surface area contributed by atoms with Crippen LogP contribution in [-0.2, 0) is 10.2 Å². The molecule has 1 aromatic rings. The van der Waals surface area contributed by atoms with Crippen molar-refractivity contribution in [2.75, 3.05) is 0 Å². The summed E-state index contributed by atoms with van der Waals surface area (Å²) in [5, 5.41) is 10.0. The first kappa shape index (κ1) is 13.0. The maximum Gasteiger partial charge on any atom is 0.131 e. The van der Waals surface area contributed by atoms with Gasteiger partial charge in [-0.15, -0.1) is 0 Å². The van der Waals surface area contributed by atoms with Crippen LogP contribution in [0.15, 0.2) is 18.2 Å². The van der Waals surface area contributed by atoms with Crippen molar-refractivity contribution >= 4 is 29.0 Å². The van der Waals surface area contributed by atoms with Crippen molar-refractivity contribution in [2.45, 2.75) is 25.7 Å². The minimum atomic E-state index is -0.847. The largest absolute Gasteiger partial charge is 0.300 e. The SMILES string of the molecule is CC(=O)CC(C)(C#N)c1ccc(Cl)c(Cl)c1. The number of rotatable bonds is 3. The van der Waals surface area contributed by atoms with E-state index in [9.17, 15) is 4.79 Å². The van der Waals surface area contributed by atoms with E-state index in [0.29, 0.717) is 15.6 Å². The third kappa shape index (κ3) is 2.75. The highest BCUT2D eigenvalue weighted by molar-refractivity contribution is 6.42. The van der Waals surface area contributed by atoms with E-state index >= 15 is 0 Å². The smallest absolute Gasteiger partial charge is 0.131 e. The first-order valence-electron chi connectivity index (χ1n) is 4.75. The topological polar surface area (TPSA) is 40.9 Å². The molecule has 0 N–H and O–H groups in total. The van der Waals surface area contributed by atoms with Crippen LogP contribution in [0.5, 0.6) is 0 Å². The van der Waals surface area contributed by atoms with Gasteiger partial charge >= 0.3 is 0 Å². The van der Waals surface area contributed by atoms with Crippen LogP contribution in [0.4, 0.5) is 0 Å². The molecular formula is C12H11Cl2NO. The molecule has 0 saturated carbocycles. The van der Waals surface area contributed by atoms with Crippen LogP contribution < -0.4 is 0 Å². The van der Waals surface area contributed by atoms with Gasteiger partial charge < -0.3 is 0 Å². The third-order valence-corrected chi connectivity index (χ3v) is 3.15. The van der Waals surface area contributed by atoms with Crippen LogP contribution in [0, 0.1) is 11.3 Å². The molecule has 0 aliphatic heterocycles. The Bertz CT molecular complexity index is 465. The Balaban J connectivity index is 3.19. The lowest BCUT2D eigenvalue weighted by atomic mass is 9.80. The number of nitriles is 1. The van der Waals surface area contributed by atoms with Gasteiger partial charge in [0.15, 0.2) is 0 Å². The third-order valence-electron chi connectivity index (χ3n) is 2.41. The van der Waals surface area contributed by atoms with Crippen LogP contribution in [0.1, 0.15) is 25.8 Å². The van der Waals surface area contributed by atoms with E-state index in [1.54, 1.807) is 25.1 Å². The molecule has 0 spiro atoms. The fourth-order valence-electron chi connectivity index (χ4n) is 1.54. The summed E-state index contributed by atoms with van der Waals surface area (Å²) in [5.74, 6) is -0.0323. The van der Waals surface area contributed by atoms with Gasteiger partial charge in [0, 0.05) is 6.42 Å². The molecule has 84 valence electrons. The number of hydrogen-bond donors (Lipinski definition) is 0. The first-order chi connectivity index (χ1) is 7.39. The Morgan fingerprint density at radius 2 is 2.06 bits per heavy atom. The molecular weight excluding hydrogens is 245 g/mol. The number of Topliss-reactive ketones (excluding diaryl/α,β-unsaturated/α-hetero) is 1. The van der Waals surface area contributed by atoms with Crippen LogP contribution in [0.3, 0.4) is 0 Å². The standard InChI is InChI=1S/C12H11Cl2NO/c1-8(16)6-12(2,7-15)9-3-4-10(13)11(14)5-9/h3-5H,6H2,1-2H3. The molecule has 2 nitrogen and oxygen atoms in total. The van der Waals surface area contributed by atoms with Gasteiger partial charge in [-0.1, -0.05) is 29.3 Å². The normalized spacial score (nSPS) is 13.9. The van der Waals surface area contributed by atoms with Crippen molar-refractivity contribution in [3.05, 3.63) is 33.8 Å². The second-order valence-electron chi connectivity index (χ2n) is 3.95. The second-order valence-corrected chi connectivity index (χ2v) is 4.77. The summed E-state index contributed by atoms with van der Waals surface area (Å²) in [7, 11) is 0. The number of halogens is 2. The molecule has 16 heavy (non-hydrogen) atoms. The number of benzene rings is 1. The molecule has 0 bridgehead atoms. The van der Waals surface area contributed by atoms with Crippen LogP contribution in [-0.4, -0.2) is 5.78 Å². The molecule has 1 atom stereocenters. The van der Waals surface area contributed by atoms with Crippen molar-refractivity contribution in [2.24, 2.45) is 0 Å². The number of hydrogen-bond acceptors (Lipinski definition) is 2. The van der Waals surface area contributed by atoms with Crippen molar-refractivity contribution in [3.63, 3.8) is 0 Å². The zero-order valence-electron chi connectivity index (χ0n) is 9.05. The average molecular weight is 256 g/mol. The quantitative estimate of drug-likeness (QED) is 0.826. The first-order valence-corrected chi connectivity index (χ1v) is 5.51. The van der Waals surface area contributed by atoms with Crippen molar-refractivity contribution in [3.8, 4) is 6.07 Å². The molecule has 4 heteroatoms. The molecule has 1 rings (SSSR count).